The van der Waals surface area contributed by atoms with E-state index < -0.39 is 5.91 Å². The van der Waals surface area contributed by atoms with Crippen LogP contribution in [0.15, 0.2) is 35.2 Å². The van der Waals surface area contributed by atoms with E-state index in [1.807, 2.05) is 0 Å². The summed E-state index contributed by atoms with van der Waals surface area (Å²) < 4.78 is 6.87. The van der Waals surface area contributed by atoms with Gasteiger partial charge in [0.05, 0.1) is 6.26 Å². The van der Waals surface area contributed by atoms with E-state index in [4.69, 9.17) is 10.2 Å². The predicted molar refractivity (Wildman–Crippen MR) is 97.1 cm³/mol. The molecular weight excluding hydrogens is 348 g/mol. The summed E-state index contributed by atoms with van der Waals surface area (Å²) in [4.78, 5) is 33.1. The summed E-state index contributed by atoms with van der Waals surface area (Å²) in [6.07, 6.45) is 3.89. The minimum atomic E-state index is -0.710. The maximum Gasteiger partial charge on any atom is 0.271 e. The van der Waals surface area contributed by atoms with Crippen LogP contribution in [0.3, 0.4) is 0 Å². The first-order valence-electron chi connectivity index (χ1n) is 8.78. The van der Waals surface area contributed by atoms with Crippen LogP contribution < -0.4 is 16.4 Å². The van der Waals surface area contributed by atoms with Crippen LogP contribution in [-0.4, -0.2) is 45.3 Å². The molecule has 0 spiro atoms. The van der Waals surface area contributed by atoms with E-state index >= 15 is 0 Å². The summed E-state index contributed by atoms with van der Waals surface area (Å²) in [5, 5.41) is 6.35. The first kappa shape index (κ1) is 17.2. The number of fused-ring (bicyclic) bond motifs is 1. The third-order valence-electron chi connectivity index (χ3n) is 4.89. The lowest BCUT2D eigenvalue weighted by atomic mass is 9.95. The number of hydrogen-bond donors (Lipinski definition) is 3. The molecule has 0 aliphatic carbocycles. The van der Waals surface area contributed by atoms with Gasteiger partial charge in [-0.15, -0.1) is 0 Å². The molecule has 2 atom stereocenters. The number of hydrogen-bond acceptors (Lipinski definition) is 6. The van der Waals surface area contributed by atoms with Gasteiger partial charge in [-0.1, -0.05) is 6.92 Å². The van der Waals surface area contributed by atoms with Gasteiger partial charge in [0.2, 0.25) is 0 Å². The summed E-state index contributed by atoms with van der Waals surface area (Å²) in [6.45, 7) is 3.77. The Morgan fingerprint density at radius 3 is 3.00 bits per heavy atom. The lowest BCUT2D eigenvalue weighted by molar-refractivity contribution is 0.0907. The zero-order valence-corrected chi connectivity index (χ0v) is 14.8. The highest BCUT2D eigenvalue weighted by Crippen LogP contribution is 2.22. The van der Waals surface area contributed by atoms with Crippen LogP contribution in [0.25, 0.3) is 17.1 Å². The van der Waals surface area contributed by atoms with Crippen molar-refractivity contribution in [2.45, 2.75) is 19.4 Å². The maximum atomic E-state index is 13.0. The smallest absolute Gasteiger partial charge is 0.271 e. The minimum absolute atomic E-state index is 0.00478. The van der Waals surface area contributed by atoms with Crippen molar-refractivity contribution in [2.75, 3.05) is 13.1 Å². The van der Waals surface area contributed by atoms with Gasteiger partial charge in [0.15, 0.2) is 17.1 Å². The number of furan rings is 1. The summed E-state index contributed by atoms with van der Waals surface area (Å²) in [6, 6.07) is 5.09. The Hall–Kier alpha value is -3.20. The van der Waals surface area contributed by atoms with Gasteiger partial charge < -0.3 is 20.8 Å². The molecule has 9 heteroatoms. The van der Waals surface area contributed by atoms with Gasteiger partial charge in [-0.05, 0) is 37.1 Å². The van der Waals surface area contributed by atoms with Crippen LogP contribution in [0.2, 0.25) is 0 Å². The molecule has 0 bridgehead atoms. The molecule has 9 nitrogen and oxygen atoms in total. The molecule has 2 unspecified atom stereocenters. The van der Waals surface area contributed by atoms with Crippen molar-refractivity contribution in [2.24, 2.45) is 11.7 Å². The number of rotatable bonds is 4. The van der Waals surface area contributed by atoms with Crippen LogP contribution in [-0.2, 0) is 0 Å². The molecule has 0 radical (unpaired) electrons. The first-order valence-corrected chi connectivity index (χ1v) is 8.78. The quantitative estimate of drug-likeness (QED) is 0.625. The van der Waals surface area contributed by atoms with Gasteiger partial charge in [0.1, 0.15) is 17.7 Å². The van der Waals surface area contributed by atoms with Crippen molar-refractivity contribution in [1.82, 2.24) is 25.0 Å². The summed E-state index contributed by atoms with van der Waals surface area (Å²) in [5.74, 6) is -0.140. The van der Waals surface area contributed by atoms with Crippen molar-refractivity contribution in [3.8, 4) is 11.5 Å². The van der Waals surface area contributed by atoms with Crippen LogP contribution >= 0.6 is 0 Å². The van der Waals surface area contributed by atoms with Crippen molar-refractivity contribution >= 4 is 17.5 Å². The number of nitrogens with two attached hydrogens (primary N) is 1. The third kappa shape index (κ3) is 3.17. The van der Waals surface area contributed by atoms with E-state index in [2.05, 4.69) is 27.5 Å². The van der Waals surface area contributed by atoms with Crippen LogP contribution in [0.5, 0.6) is 0 Å². The Morgan fingerprint density at radius 2 is 2.30 bits per heavy atom. The largest absolute Gasteiger partial charge is 0.463 e. The van der Waals surface area contributed by atoms with Crippen molar-refractivity contribution in [1.29, 1.82) is 0 Å². The van der Waals surface area contributed by atoms with Crippen LogP contribution in [0.4, 0.5) is 0 Å². The molecule has 3 aromatic heterocycles. The number of carbonyl (C=O) groups excluding carboxylic acids is 2. The lowest BCUT2D eigenvalue weighted by Crippen LogP contribution is -2.50. The van der Waals surface area contributed by atoms with Gasteiger partial charge in [0.25, 0.3) is 11.8 Å². The maximum absolute atomic E-state index is 13.0. The fourth-order valence-electron chi connectivity index (χ4n) is 3.30. The van der Waals surface area contributed by atoms with E-state index in [0.29, 0.717) is 29.6 Å². The SMILES string of the molecule is CC1CCNCC1NC(=O)c1cc(-c2ccco2)nc2c(C(N)=O)ncn12. The summed E-state index contributed by atoms with van der Waals surface area (Å²) in [5.41, 5.74) is 6.36. The summed E-state index contributed by atoms with van der Waals surface area (Å²) >= 11 is 0. The molecule has 2 amide bonds. The average molecular weight is 368 g/mol. The highest BCUT2D eigenvalue weighted by Gasteiger charge is 2.25. The lowest BCUT2D eigenvalue weighted by Gasteiger charge is -2.30. The van der Waals surface area contributed by atoms with Gasteiger partial charge in [-0.2, -0.15) is 0 Å². The highest BCUT2D eigenvalue weighted by molar-refractivity contribution is 5.99. The number of amides is 2. The normalized spacial score (nSPS) is 19.9. The van der Waals surface area contributed by atoms with Gasteiger partial charge in [-0.25, -0.2) is 9.97 Å². The van der Waals surface area contributed by atoms with E-state index in [0.717, 1.165) is 13.0 Å². The minimum Gasteiger partial charge on any atom is -0.463 e. The number of piperidine rings is 1. The second-order valence-corrected chi connectivity index (χ2v) is 6.70. The Balaban J connectivity index is 1.78. The van der Waals surface area contributed by atoms with Crippen molar-refractivity contribution in [3.05, 3.63) is 42.2 Å². The second kappa shape index (κ2) is 6.84. The molecule has 1 fully saturated rings. The molecule has 4 heterocycles. The molecular formula is C18H20N6O3. The number of imidazole rings is 1. The molecule has 4 N–H and O–H groups in total. The Morgan fingerprint density at radius 1 is 1.44 bits per heavy atom. The van der Waals surface area contributed by atoms with Crippen molar-refractivity contribution < 1.29 is 14.0 Å². The van der Waals surface area contributed by atoms with E-state index in [-0.39, 0.29) is 23.3 Å². The fourth-order valence-corrected chi connectivity index (χ4v) is 3.30. The monoisotopic (exact) mass is 368 g/mol. The topological polar surface area (TPSA) is 128 Å². The number of primary amides is 1. The Bertz CT molecular complexity index is 994. The molecule has 140 valence electrons. The molecule has 3 aromatic rings. The molecule has 0 aromatic carbocycles. The van der Waals surface area contributed by atoms with E-state index in [9.17, 15) is 9.59 Å². The van der Waals surface area contributed by atoms with Gasteiger partial charge >= 0.3 is 0 Å². The van der Waals surface area contributed by atoms with E-state index in [1.165, 1.54) is 17.0 Å². The number of nitrogens with one attached hydrogen (secondary N) is 2. The zero-order valence-electron chi connectivity index (χ0n) is 14.8. The molecule has 0 saturated carbocycles. The highest BCUT2D eigenvalue weighted by atomic mass is 16.3. The van der Waals surface area contributed by atoms with Crippen LogP contribution in [0, 0.1) is 5.92 Å². The second-order valence-electron chi connectivity index (χ2n) is 6.70. The average Bonchev–Trinajstić information content (AvgIpc) is 3.32. The molecule has 27 heavy (non-hydrogen) atoms. The van der Waals surface area contributed by atoms with Crippen molar-refractivity contribution in [3.63, 3.8) is 0 Å². The Kier molecular flexibility index (Phi) is 4.36. The molecule has 1 aliphatic rings. The first-order chi connectivity index (χ1) is 13.0. The standard InChI is InChI=1S/C18H20N6O3/c1-10-4-5-20-8-12(10)23-18(26)13-7-11(14-3-2-6-27-14)22-17-15(16(19)25)21-9-24(13)17/h2-3,6-7,9-10,12,20H,4-5,8H2,1H3,(H2,19,25)(H,23,26). The molecule has 1 saturated heterocycles. The fraction of sp³-hybridized carbons (Fsp3) is 0.333. The van der Waals surface area contributed by atoms with E-state index in [1.54, 1.807) is 18.2 Å². The summed E-state index contributed by atoms with van der Waals surface area (Å²) in [7, 11) is 0. The molecule has 1 aliphatic heterocycles. The number of nitrogens with zero attached hydrogens (tertiary/aromatic N) is 3. The third-order valence-corrected chi connectivity index (χ3v) is 4.89. The zero-order chi connectivity index (χ0) is 19.0. The molecule has 4 rings (SSSR count). The number of carbonyl (C=O) groups is 2. The predicted octanol–water partition coefficient (Wildman–Crippen LogP) is 0.816. The number of aromatic nitrogens is 3. The van der Waals surface area contributed by atoms with Gasteiger partial charge in [0, 0.05) is 12.6 Å². The Labute approximate surface area is 155 Å². The van der Waals surface area contributed by atoms with Crippen LogP contribution in [0.1, 0.15) is 34.3 Å². The van der Waals surface area contributed by atoms with Gasteiger partial charge in [-0.3, -0.25) is 14.0 Å².